The Morgan fingerprint density at radius 1 is 1.56 bits per heavy atom. The van der Waals surface area contributed by atoms with Crippen LogP contribution in [0.1, 0.15) is 11.1 Å². The normalized spacial score (nSPS) is 10.9. The van der Waals surface area contributed by atoms with E-state index in [0.717, 1.165) is 3.57 Å². The zero-order chi connectivity index (χ0) is 12.3. The largest absolute Gasteiger partial charge is 0.261 e. The molecule has 1 aromatic rings. The second-order valence-corrected chi connectivity index (χ2v) is 6.79. The lowest BCUT2D eigenvalue weighted by Gasteiger charge is -2.08. The smallest absolute Gasteiger partial charge is 0.207 e. The van der Waals surface area contributed by atoms with Gasteiger partial charge in [0.2, 0.25) is 0 Å². The first kappa shape index (κ1) is 13.6. The van der Waals surface area contributed by atoms with Crippen molar-refractivity contribution in [3.63, 3.8) is 0 Å². The van der Waals surface area contributed by atoms with E-state index < -0.39 is 9.05 Å². The standard InChI is InChI=1S/C8H7ClIN3O2S/c1-5-6(4-12-13-11)2-7(10)3-8(5)16(9,14)15/h2-3H,4H2,1H3. The molecule has 0 saturated carbocycles. The fourth-order valence-corrected chi connectivity index (χ4v) is 3.38. The molecule has 0 N–H and O–H groups in total. The first-order valence-corrected chi connectivity index (χ1v) is 7.49. The fraction of sp³-hybridized carbons (Fsp3) is 0.250. The molecule has 0 aliphatic rings. The lowest BCUT2D eigenvalue weighted by Crippen LogP contribution is -1.99. The second-order valence-electron chi connectivity index (χ2n) is 3.01. The molecule has 16 heavy (non-hydrogen) atoms. The maximum Gasteiger partial charge on any atom is 0.261 e. The van der Waals surface area contributed by atoms with Crippen molar-refractivity contribution in [3.8, 4) is 0 Å². The second kappa shape index (κ2) is 5.22. The number of hydrogen-bond donors (Lipinski definition) is 0. The van der Waals surface area contributed by atoms with Gasteiger partial charge in [0.15, 0.2) is 0 Å². The van der Waals surface area contributed by atoms with Gasteiger partial charge in [-0.1, -0.05) is 5.11 Å². The maximum atomic E-state index is 11.3. The van der Waals surface area contributed by atoms with Crippen molar-refractivity contribution in [2.75, 3.05) is 0 Å². The zero-order valence-corrected chi connectivity index (χ0v) is 11.9. The Balaban J connectivity index is 3.43. The molecule has 0 radical (unpaired) electrons. The van der Waals surface area contributed by atoms with Gasteiger partial charge < -0.3 is 0 Å². The molecule has 1 rings (SSSR count). The summed E-state index contributed by atoms with van der Waals surface area (Å²) in [5.74, 6) is 0. The maximum absolute atomic E-state index is 11.3. The monoisotopic (exact) mass is 371 g/mol. The van der Waals surface area contributed by atoms with E-state index in [1.54, 1.807) is 13.0 Å². The van der Waals surface area contributed by atoms with Crippen molar-refractivity contribution in [1.82, 2.24) is 0 Å². The predicted molar refractivity (Wildman–Crippen MR) is 69.8 cm³/mol. The molecule has 0 unspecified atom stereocenters. The summed E-state index contributed by atoms with van der Waals surface area (Å²) in [4.78, 5) is 2.69. The van der Waals surface area contributed by atoms with Crippen LogP contribution in [0.4, 0.5) is 0 Å². The Hall–Kier alpha value is -0.500. The van der Waals surface area contributed by atoms with Gasteiger partial charge in [-0.25, -0.2) is 8.42 Å². The summed E-state index contributed by atoms with van der Waals surface area (Å²) in [6, 6.07) is 3.24. The van der Waals surface area contributed by atoms with E-state index in [1.807, 2.05) is 22.6 Å². The van der Waals surface area contributed by atoms with Crippen molar-refractivity contribution in [1.29, 1.82) is 0 Å². The molecule has 0 heterocycles. The summed E-state index contributed by atoms with van der Waals surface area (Å²) in [5.41, 5.74) is 9.40. The van der Waals surface area contributed by atoms with Crippen LogP contribution in [0.3, 0.4) is 0 Å². The third-order valence-corrected chi connectivity index (χ3v) is 4.07. The molecule has 0 bridgehead atoms. The molecule has 0 aromatic heterocycles. The number of nitrogens with zero attached hydrogens (tertiary/aromatic N) is 3. The van der Waals surface area contributed by atoms with Gasteiger partial charge in [-0.2, -0.15) is 0 Å². The van der Waals surface area contributed by atoms with E-state index in [-0.39, 0.29) is 11.4 Å². The van der Waals surface area contributed by atoms with Gasteiger partial charge in [-0.3, -0.25) is 0 Å². The third-order valence-electron chi connectivity index (χ3n) is 2.00. The molecule has 0 amide bonds. The van der Waals surface area contributed by atoms with Crippen LogP contribution in [0.25, 0.3) is 10.4 Å². The Morgan fingerprint density at radius 2 is 2.19 bits per heavy atom. The highest BCUT2D eigenvalue weighted by Gasteiger charge is 2.16. The molecule has 1 aromatic carbocycles. The summed E-state index contributed by atoms with van der Waals surface area (Å²) in [6.07, 6.45) is 0. The Labute approximate surface area is 111 Å². The fourth-order valence-electron chi connectivity index (χ4n) is 1.23. The predicted octanol–water partition coefficient (Wildman–Crippen LogP) is 3.34. The van der Waals surface area contributed by atoms with Gasteiger partial charge in [0, 0.05) is 19.2 Å². The molecular formula is C8H7ClIN3O2S. The summed E-state index contributed by atoms with van der Waals surface area (Å²) < 4.78 is 23.3. The molecule has 86 valence electrons. The van der Waals surface area contributed by atoms with Gasteiger partial charge >= 0.3 is 0 Å². The third kappa shape index (κ3) is 3.24. The van der Waals surface area contributed by atoms with Crippen molar-refractivity contribution in [3.05, 3.63) is 37.3 Å². The topological polar surface area (TPSA) is 82.9 Å². The molecule has 0 atom stereocenters. The van der Waals surface area contributed by atoms with E-state index in [1.165, 1.54) is 6.07 Å². The lowest BCUT2D eigenvalue weighted by atomic mass is 10.1. The van der Waals surface area contributed by atoms with E-state index in [0.29, 0.717) is 11.1 Å². The Bertz CT molecular complexity index is 567. The number of rotatable bonds is 3. The van der Waals surface area contributed by atoms with E-state index in [9.17, 15) is 8.42 Å². The first-order valence-electron chi connectivity index (χ1n) is 4.11. The van der Waals surface area contributed by atoms with Gasteiger partial charge in [-0.05, 0) is 58.3 Å². The molecule has 0 spiro atoms. The van der Waals surface area contributed by atoms with Crippen LogP contribution in [0.15, 0.2) is 22.1 Å². The average molecular weight is 372 g/mol. The van der Waals surface area contributed by atoms with Crippen molar-refractivity contribution >= 4 is 42.3 Å². The van der Waals surface area contributed by atoms with Crippen molar-refractivity contribution in [2.45, 2.75) is 18.4 Å². The van der Waals surface area contributed by atoms with Crippen molar-refractivity contribution < 1.29 is 8.42 Å². The molecule has 0 fully saturated rings. The molecule has 0 saturated heterocycles. The van der Waals surface area contributed by atoms with Gasteiger partial charge in [-0.15, -0.1) is 0 Å². The molecule has 5 nitrogen and oxygen atoms in total. The van der Waals surface area contributed by atoms with Crippen LogP contribution in [-0.4, -0.2) is 8.42 Å². The van der Waals surface area contributed by atoms with E-state index in [2.05, 4.69) is 10.0 Å². The summed E-state index contributed by atoms with van der Waals surface area (Å²) >= 11 is 1.98. The lowest BCUT2D eigenvalue weighted by molar-refractivity contribution is 0.608. The molecule has 0 aliphatic heterocycles. The molecule has 8 heteroatoms. The van der Waals surface area contributed by atoms with Crippen LogP contribution in [0.5, 0.6) is 0 Å². The van der Waals surface area contributed by atoms with Gasteiger partial charge in [0.1, 0.15) is 0 Å². The quantitative estimate of drug-likeness (QED) is 0.268. The summed E-state index contributed by atoms with van der Waals surface area (Å²) in [6.45, 7) is 1.74. The summed E-state index contributed by atoms with van der Waals surface area (Å²) in [5, 5.41) is 3.41. The number of azide groups is 1. The minimum absolute atomic E-state index is 0.0595. The Kier molecular flexibility index (Phi) is 4.43. The highest BCUT2D eigenvalue weighted by atomic mass is 127. The highest BCUT2D eigenvalue weighted by Crippen LogP contribution is 2.25. The van der Waals surface area contributed by atoms with Crippen LogP contribution in [0.2, 0.25) is 0 Å². The van der Waals surface area contributed by atoms with Gasteiger partial charge in [0.05, 0.1) is 11.4 Å². The highest BCUT2D eigenvalue weighted by molar-refractivity contribution is 14.1. The number of hydrogen-bond acceptors (Lipinski definition) is 3. The zero-order valence-electron chi connectivity index (χ0n) is 8.18. The Morgan fingerprint density at radius 3 is 2.69 bits per heavy atom. The van der Waals surface area contributed by atoms with Crippen LogP contribution in [-0.2, 0) is 15.6 Å². The SMILES string of the molecule is Cc1c(CN=[N+]=[N-])cc(I)cc1S(=O)(=O)Cl. The van der Waals surface area contributed by atoms with Crippen LogP contribution in [0, 0.1) is 10.5 Å². The van der Waals surface area contributed by atoms with Crippen LogP contribution < -0.4 is 0 Å². The molecular weight excluding hydrogens is 365 g/mol. The first-order chi connectivity index (χ1) is 7.36. The van der Waals surface area contributed by atoms with Gasteiger partial charge in [0.25, 0.3) is 9.05 Å². The summed E-state index contributed by atoms with van der Waals surface area (Å²) in [7, 11) is 1.54. The van der Waals surface area contributed by atoms with Crippen molar-refractivity contribution in [2.24, 2.45) is 5.11 Å². The minimum Gasteiger partial charge on any atom is -0.207 e. The van der Waals surface area contributed by atoms with E-state index in [4.69, 9.17) is 16.2 Å². The number of benzene rings is 1. The van der Waals surface area contributed by atoms with E-state index >= 15 is 0 Å². The number of halogens is 2. The minimum atomic E-state index is -3.77. The van der Waals surface area contributed by atoms with Crippen LogP contribution >= 0.6 is 33.3 Å². The average Bonchev–Trinajstić information content (AvgIpc) is 2.17. The molecule has 0 aliphatic carbocycles.